The predicted octanol–water partition coefficient (Wildman–Crippen LogP) is 2.64. The number of carbonyl (C=O) groups excluding carboxylic acids is 1. The van der Waals surface area contributed by atoms with Gasteiger partial charge in [-0.05, 0) is 25.0 Å². The lowest BCUT2D eigenvalue weighted by Gasteiger charge is -2.13. The number of carbonyl (C=O) groups is 2. The number of rotatable bonds is 9. The zero-order chi connectivity index (χ0) is 17.5. The average Bonchev–Trinajstić information content (AvgIpc) is 2.92. The summed E-state index contributed by atoms with van der Waals surface area (Å²) in [7, 11) is 0. The van der Waals surface area contributed by atoms with Crippen LogP contribution in [0.2, 0.25) is 0 Å². The Labute approximate surface area is 145 Å². The lowest BCUT2D eigenvalue weighted by molar-refractivity contribution is -0.141. The fourth-order valence-corrected chi connectivity index (χ4v) is 3.09. The molecule has 0 aliphatic rings. The number of thioether (sulfide) groups is 1. The van der Waals surface area contributed by atoms with Gasteiger partial charge in [0.15, 0.2) is 0 Å². The highest BCUT2D eigenvalue weighted by Gasteiger charge is 2.19. The number of nitrogens with zero attached hydrogens (tertiary/aromatic N) is 2. The minimum absolute atomic E-state index is 0.225. The second kappa shape index (κ2) is 8.73. The number of fused-ring (bicyclic) bond motifs is 1. The van der Waals surface area contributed by atoms with Crippen LogP contribution in [0.25, 0.3) is 5.65 Å². The van der Waals surface area contributed by atoms with Crippen molar-refractivity contribution in [2.75, 3.05) is 5.75 Å². The second-order valence-corrected chi connectivity index (χ2v) is 6.78. The van der Waals surface area contributed by atoms with Crippen LogP contribution >= 0.6 is 11.8 Å². The third-order valence-corrected chi connectivity index (χ3v) is 4.58. The summed E-state index contributed by atoms with van der Waals surface area (Å²) in [6.07, 6.45) is 6.11. The summed E-state index contributed by atoms with van der Waals surface area (Å²) < 4.78 is 1.97. The van der Waals surface area contributed by atoms with E-state index in [1.165, 1.54) is 11.8 Å². The minimum atomic E-state index is -0.975. The van der Waals surface area contributed by atoms with E-state index in [4.69, 9.17) is 5.11 Å². The van der Waals surface area contributed by atoms with Crippen LogP contribution in [0.15, 0.2) is 24.5 Å². The molecule has 0 bridgehead atoms. The Morgan fingerprint density at radius 1 is 1.38 bits per heavy atom. The molecule has 0 fully saturated rings. The first kappa shape index (κ1) is 18.3. The Bertz CT molecular complexity index is 714. The van der Waals surface area contributed by atoms with Crippen molar-refractivity contribution in [3.63, 3.8) is 0 Å². The zero-order valence-electron chi connectivity index (χ0n) is 14.0. The Hall–Kier alpha value is -2.02. The molecule has 0 spiro atoms. The van der Waals surface area contributed by atoms with E-state index in [1.807, 2.05) is 42.8 Å². The number of pyridine rings is 1. The van der Waals surface area contributed by atoms with Gasteiger partial charge in [-0.3, -0.25) is 4.79 Å². The molecule has 2 aromatic rings. The van der Waals surface area contributed by atoms with Gasteiger partial charge in [-0.2, -0.15) is 0 Å². The van der Waals surface area contributed by atoms with Gasteiger partial charge in [-0.15, -0.1) is 11.8 Å². The molecule has 1 atom stereocenters. The van der Waals surface area contributed by atoms with Crippen molar-refractivity contribution in [3.05, 3.63) is 35.8 Å². The molecule has 0 saturated carbocycles. The maximum absolute atomic E-state index is 11.9. The minimum Gasteiger partial charge on any atom is -0.480 e. The molecule has 0 saturated heterocycles. The van der Waals surface area contributed by atoms with Crippen LogP contribution in [0.3, 0.4) is 0 Å². The summed E-state index contributed by atoms with van der Waals surface area (Å²) in [4.78, 5) is 27.5. The van der Waals surface area contributed by atoms with Crippen molar-refractivity contribution in [1.82, 2.24) is 14.7 Å². The molecule has 24 heavy (non-hydrogen) atoms. The third-order valence-electron chi connectivity index (χ3n) is 3.61. The Morgan fingerprint density at radius 3 is 2.88 bits per heavy atom. The number of aliphatic carboxylic acids is 1. The summed E-state index contributed by atoms with van der Waals surface area (Å²) >= 11 is 1.43. The van der Waals surface area contributed by atoms with Crippen LogP contribution < -0.4 is 5.32 Å². The highest BCUT2D eigenvalue weighted by Crippen LogP contribution is 2.14. The van der Waals surface area contributed by atoms with E-state index in [0.717, 1.165) is 29.7 Å². The van der Waals surface area contributed by atoms with Crippen LogP contribution in [0.1, 0.15) is 37.4 Å². The highest BCUT2D eigenvalue weighted by molar-refractivity contribution is 7.99. The van der Waals surface area contributed by atoms with Crippen LogP contribution in [0.4, 0.5) is 0 Å². The van der Waals surface area contributed by atoms with Gasteiger partial charge in [-0.1, -0.05) is 25.8 Å². The van der Waals surface area contributed by atoms with E-state index in [2.05, 4.69) is 10.3 Å². The SMILES string of the molecule is CCCC[C@H](NC(=O)CSCc1cn2cc(C)ccc2n1)C(=O)O. The first-order valence-electron chi connectivity index (χ1n) is 8.03. The Balaban J connectivity index is 1.81. The van der Waals surface area contributed by atoms with Gasteiger partial charge in [-0.25, -0.2) is 9.78 Å². The molecule has 1 amide bonds. The molecule has 2 aromatic heterocycles. The summed E-state index contributed by atoms with van der Waals surface area (Å²) in [5.41, 5.74) is 2.94. The molecular weight excluding hydrogens is 326 g/mol. The summed E-state index contributed by atoms with van der Waals surface area (Å²) in [6, 6.07) is 3.17. The monoisotopic (exact) mass is 349 g/mol. The van der Waals surface area contributed by atoms with Crippen molar-refractivity contribution in [2.24, 2.45) is 0 Å². The molecule has 2 rings (SSSR count). The van der Waals surface area contributed by atoms with Crippen LogP contribution in [-0.4, -0.2) is 38.2 Å². The van der Waals surface area contributed by atoms with E-state index in [1.54, 1.807) is 0 Å². The largest absolute Gasteiger partial charge is 0.480 e. The van der Waals surface area contributed by atoms with Crippen LogP contribution in [-0.2, 0) is 15.3 Å². The quantitative estimate of drug-likeness (QED) is 0.727. The number of hydrogen-bond acceptors (Lipinski definition) is 4. The highest BCUT2D eigenvalue weighted by atomic mass is 32.2. The smallest absolute Gasteiger partial charge is 0.326 e. The molecule has 6 nitrogen and oxygen atoms in total. The van der Waals surface area contributed by atoms with Crippen molar-refractivity contribution >= 4 is 29.3 Å². The fourth-order valence-electron chi connectivity index (χ4n) is 2.38. The number of unbranched alkanes of at least 4 members (excludes halogenated alkanes) is 1. The summed E-state index contributed by atoms with van der Waals surface area (Å²) in [6.45, 7) is 4.02. The van der Waals surface area contributed by atoms with E-state index in [-0.39, 0.29) is 11.7 Å². The molecular formula is C17H23N3O3S. The van der Waals surface area contributed by atoms with Crippen molar-refractivity contribution < 1.29 is 14.7 Å². The molecule has 2 heterocycles. The molecule has 0 aromatic carbocycles. The maximum atomic E-state index is 11.9. The number of hydrogen-bond donors (Lipinski definition) is 2. The van der Waals surface area contributed by atoms with Crippen LogP contribution in [0, 0.1) is 6.92 Å². The van der Waals surface area contributed by atoms with Crippen LogP contribution in [0.5, 0.6) is 0 Å². The standard InChI is InChI=1S/C17H23N3O3S/c1-3-4-5-14(17(22)23)19-16(21)11-24-10-13-9-20-8-12(2)6-7-15(20)18-13/h6-9,14H,3-5,10-11H2,1-2H3,(H,19,21)(H,22,23)/t14-/m0/s1. The van der Waals surface area contributed by atoms with Crippen molar-refractivity contribution in [1.29, 1.82) is 0 Å². The molecule has 0 aliphatic heterocycles. The topological polar surface area (TPSA) is 83.7 Å². The maximum Gasteiger partial charge on any atom is 0.326 e. The first-order chi connectivity index (χ1) is 11.5. The number of carboxylic acids is 1. The number of carboxylic acid groups (broad SMARTS) is 1. The van der Waals surface area contributed by atoms with Crippen molar-refractivity contribution in [3.8, 4) is 0 Å². The van der Waals surface area contributed by atoms with E-state index < -0.39 is 12.0 Å². The summed E-state index contributed by atoms with van der Waals surface area (Å²) in [5, 5.41) is 11.7. The predicted molar refractivity (Wildman–Crippen MR) is 95.2 cm³/mol. The molecule has 130 valence electrons. The molecule has 2 N–H and O–H groups in total. The number of amides is 1. The summed E-state index contributed by atoms with van der Waals surface area (Å²) in [5.74, 6) is -0.385. The third kappa shape index (κ3) is 5.26. The van der Waals surface area contributed by atoms with Gasteiger partial charge in [0.1, 0.15) is 11.7 Å². The van der Waals surface area contributed by atoms with E-state index in [0.29, 0.717) is 12.2 Å². The van der Waals surface area contributed by atoms with E-state index >= 15 is 0 Å². The number of aromatic nitrogens is 2. The van der Waals surface area contributed by atoms with Gasteiger partial charge < -0.3 is 14.8 Å². The average molecular weight is 349 g/mol. The number of nitrogens with one attached hydrogen (secondary N) is 1. The Morgan fingerprint density at radius 2 is 2.17 bits per heavy atom. The Kier molecular flexibility index (Phi) is 6.66. The lowest BCUT2D eigenvalue weighted by Crippen LogP contribution is -2.41. The number of imidazole rings is 1. The molecule has 0 unspecified atom stereocenters. The normalized spacial score (nSPS) is 12.2. The molecule has 0 radical (unpaired) electrons. The van der Waals surface area contributed by atoms with Gasteiger partial charge >= 0.3 is 5.97 Å². The van der Waals surface area contributed by atoms with Gasteiger partial charge in [0.25, 0.3) is 0 Å². The van der Waals surface area contributed by atoms with Gasteiger partial charge in [0.05, 0.1) is 11.4 Å². The lowest BCUT2D eigenvalue weighted by atomic mass is 10.1. The van der Waals surface area contributed by atoms with E-state index in [9.17, 15) is 9.59 Å². The second-order valence-electron chi connectivity index (χ2n) is 5.80. The molecule has 7 heteroatoms. The van der Waals surface area contributed by atoms with Gasteiger partial charge in [0, 0.05) is 18.1 Å². The number of aryl methyl sites for hydroxylation is 1. The fraction of sp³-hybridized carbons (Fsp3) is 0.471. The zero-order valence-corrected chi connectivity index (χ0v) is 14.8. The first-order valence-corrected chi connectivity index (χ1v) is 9.19. The molecule has 0 aliphatic carbocycles. The van der Waals surface area contributed by atoms with Crippen molar-refractivity contribution in [2.45, 2.75) is 44.9 Å². The van der Waals surface area contributed by atoms with Gasteiger partial charge in [0.2, 0.25) is 5.91 Å².